The van der Waals surface area contributed by atoms with E-state index in [-0.39, 0.29) is 5.16 Å². The van der Waals surface area contributed by atoms with E-state index in [0.29, 0.717) is 0 Å². The van der Waals surface area contributed by atoms with Crippen molar-refractivity contribution in [3.05, 3.63) is 62.8 Å². The first kappa shape index (κ1) is 14.0. The molecule has 0 atom stereocenters. The van der Waals surface area contributed by atoms with Crippen LogP contribution in [0.15, 0.2) is 52.6 Å². The predicted octanol–water partition coefficient (Wildman–Crippen LogP) is 5.67. The maximum Gasteiger partial charge on any atom is 0.262 e. The molecule has 2 rings (SSSR count). The Morgan fingerprint density at radius 1 is 0.947 bits per heavy atom. The minimum atomic E-state index is 0.0376. The zero-order chi connectivity index (χ0) is 14.0. The summed E-state index contributed by atoms with van der Waals surface area (Å²) in [6.45, 7) is 11.1. The Kier molecular flexibility index (Phi) is 3.93. The van der Waals surface area contributed by atoms with Crippen LogP contribution in [0, 0.1) is 6.07 Å². The highest BCUT2D eigenvalue weighted by molar-refractivity contribution is 7.43. The van der Waals surface area contributed by atoms with E-state index in [4.69, 9.17) is 0 Å². The van der Waals surface area contributed by atoms with Crippen molar-refractivity contribution < 1.29 is 0 Å². The molecule has 1 aromatic rings. The first-order valence-corrected chi connectivity index (χ1v) is 7.41. The zero-order valence-electron chi connectivity index (χ0n) is 12.3. The molecule has 0 aliphatic heterocycles. The highest BCUT2D eigenvalue weighted by Crippen LogP contribution is 2.52. The fraction of sp³-hybridized carbons (Fsp3) is 0.353. The van der Waals surface area contributed by atoms with Crippen LogP contribution in [0.5, 0.6) is 0 Å². The van der Waals surface area contributed by atoms with E-state index < -0.39 is 0 Å². The predicted molar refractivity (Wildman–Crippen MR) is 84.9 cm³/mol. The Labute approximate surface area is 118 Å². The smallest absolute Gasteiger partial charge is 0.262 e. The molecule has 98 valence electrons. The molecule has 2 heteroatoms. The second-order valence-electron chi connectivity index (χ2n) is 5.25. The van der Waals surface area contributed by atoms with Gasteiger partial charge in [0.05, 0.1) is 5.56 Å². The Morgan fingerprint density at radius 2 is 1.47 bits per heavy atom. The zero-order valence-corrected chi connectivity index (χ0v) is 13.2. The van der Waals surface area contributed by atoms with Gasteiger partial charge in [0.2, 0.25) is 0 Å². The number of nitrogens with zero attached hydrogens (tertiary/aromatic N) is 1. The molecular weight excluding hydrogens is 249 g/mol. The van der Waals surface area contributed by atoms with E-state index in [0.717, 1.165) is 14.3 Å². The Hall–Kier alpha value is -1.38. The molecular formula is C17H20NP. The van der Waals surface area contributed by atoms with E-state index in [2.05, 4.69) is 45.3 Å². The molecule has 1 aromatic carbocycles. The molecule has 0 amide bonds. The van der Waals surface area contributed by atoms with Gasteiger partial charge in [-0.15, -0.1) is 0 Å². The van der Waals surface area contributed by atoms with Crippen LogP contribution in [0.3, 0.4) is 0 Å². The Bertz CT molecular complexity index is 588. The molecule has 0 radical (unpaired) electrons. The highest BCUT2D eigenvalue weighted by Gasteiger charge is 2.32. The molecule has 1 aliphatic rings. The lowest BCUT2D eigenvalue weighted by molar-refractivity contribution is 0.871. The van der Waals surface area contributed by atoms with E-state index in [1.807, 2.05) is 30.3 Å². The molecule has 0 saturated heterocycles. The van der Waals surface area contributed by atoms with E-state index in [1.165, 1.54) is 22.3 Å². The average Bonchev–Trinajstić information content (AvgIpc) is 2.57. The molecule has 19 heavy (non-hydrogen) atoms. The standard InChI is InChI=1S/C17H20NP/c1-12-13(2)15(4)17(5,14(12)3)19-18-11-16-9-7-6-8-10-16/h6-10H,1-5H3. The molecule has 0 aromatic heterocycles. The number of hydrogen-bond donors (Lipinski definition) is 0. The molecule has 0 unspecified atom stereocenters. The fourth-order valence-electron chi connectivity index (χ4n) is 2.42. The topological polar surface area (TPSA) is 4.36 Å². The van der Waals surface area contributed by atoms with Gasteiger partial charge in [-0.3, -0.25) is 4.62 Å². The summed E-state index contributed by atoms with van der Waals surface area (Å²) in [4.78, 5) is 0. The van der Waals surface area contributed by atoms with Crippen molar-refractivity contribution in [3.63, 3.8) is 0 Å². The van der Waals surface area contributed by atoms with Crippen LogP contribution in [0.25, 0.3) is 4.62 Å². The van der Waals surface area contributed by atoms with Gasteiger partial charge in [0.15, 0.2) is 0 Å². The van der Waals surface area contributed by atoms with Gasteiger partial charge in [0.1, 0.15) is 0 Å². The van der Waals surface area contributed by atoms with Crippen molar-refractivity contribution >= 4 is 8.73 Å². The largest absolute Gasteiger partial charge is 0.264 e. The van der Waals surface area contributed by atoms with E-state index in [1.54, 1.807) is 0 Å². The third kappa shape index (κ3) is 2.51. The second kappa shape index (κ2) is 5.32. The van der Waals surface area contributed by atoms with E-state index >= 15 is 0 Å². The van der Waals surface area contributed by atoms with Crippen molar-refractivity contribution in [2.75, 3.05) is 0 Å². The van der Waals surface area contributed by atoms with Crippen LogP contribution in [0.2, 0.25) is 0 Å². The molecule has 0 bridgehead atoms. The molecule has 1 nitrogen and oxygen atoms in total. The molecule has 0 N–H and O–H groups in total. The first-order valence-electron chi connectivity index (χ1n) is 6.56. The van der Waals surface area contributed by atoms with Gasteiger partial charge >= 0.3 is 0 Å². The SMILES string of the molecule is CC1=C(C)C(C)([P-][N+]#Cc2ccccc2)C(C)=C1C. The number of benzene rings is 1. The van der Waals surface area contributed by atoms with Crippen LogP contribution < -0.4 is 0 Å². The summed E-state index contributed by atoms with van der Waals surface area (Å²) in [5.74, 6) is 0. The van der Waals surface area contributed by atoms with Crippen LogP contribution in [0.1, 0.15) is 40.2 Å². The van der Waals surface area contributed by atoms with Gasteiger partial charge in [-0.05, 0) is 53.7 Å². The van der Waals surface area contributed by atoms with Crippen LogP contribution in [-0.2, 0) is 0 Å². The quantitative estimate of drug-likeness (QED) is 0.578. The number of allylic oxidation sites excluding steroid dienone is 4. The van der Waals surface area contributed by atoms with Crippen molar-refractivity contribution in [1.29, 1.82) is 0 Å². The number of rotatable bonds is 1. The third-order valence-corrected chi connectivity index (χ3v) is 5.62. The first-order chi connectivity index (χ1) is 8.97. The van der Waals surface area contributed by atoms with Gasteiger partial charge in [-0.2, -0.15) is 0 Å². The summed E-state index contributed by atoms with van der Waals surface area (Å²) in [6.07, 6.45) is 0. The van der Waals surface area contributed by atoms with Crippen LogP contribution in [0.4, 0.5) is 0 Å². The van der Waals surface area contributed by atoms with Crippen LogP contribution >= 0.6 is 8.73 Å². The lowest BCUT2D eigenvalue weighted by Gasteiger charge is -2.30. The summed E-state index contributed by atoms with van der Waals surface area (Å²) in [6, 6.07) is 13.2. The average molecular weight is 269 g/mol. The van der Waals surface area contributed by atoms with Crippen molar-refractivity contribution in [2.24, 2.45) is 0 Å². The fourth-order valence-corrected chi connectivity index (χ4v) is 3.42. The van der Waals surface area contributed by atoms with E-state index in [9.17, 15) is 0 Å². The van der Waals surface area contributed by atoms with Gasteiger partial charge < -0.3 is 0 Å². The molecule has 0 spiro atoms. The highest BCUT2D eigenvalue weighted by atomic mass is 31.1. The minimum absolute atomic E-state index is 0.0376. The molecule has 1 aliphatic carbocycles. The molecule has 0 saturated carbocycles. The van der Waals surface area contributed by atoms with Gasteiger partial charge in [0, 0.05) is 0 Å². The molecule has 0 fully saturated rings. The second-order valence-corrected chi connectivity index (χ2v) is 6.54. The third-order valence-electron chi connectivity index (χ3n) is 4.35. The maximum absolute atomic E-state index is 4.52. The summed E-state index contributed by atoms with van der Waals surface area (Å²) >= 11 is 0. The summed E-state index contributed by atoms with van der Waals surface area (Å²) in [5.41, 5.74) is 6.74. The lowest BCUT2D eigenvalue weighted by Crippen LogP contribution is -2.18. The molecule has 0 heterocycles. The van der Waals surface area contributed by atoms with Gasteiger partial charge in [-0.1, -0.05) is 47.4 Å². The Morgan fingerprint density at radius 3 is 2.00 bits per heavy atom. The number of hydrogen-bond acceptors (Lipinski definition) is 0. The Balaban J connectivity index is 2.24. The van der Waals surface area contributed by atoms with Gasteiger partial charge in [-0.25, -0.2) is 0 Å². The van der Waals surface area contributed by atoms with Crippen LogP contribution in [-0.4, -0.2) is 5.16 Å². The summed E-state index contributed by atoms with van der Waals surface area (Å²) < 4.78 is 4.52. The monoisotopic (exact) mass is 269 g/mol. The van der Waals surface area contributed by atoms with Gasteiger partial charge in [0.25, 0.3) is 6.07 Å². The van der Waals surface area contributed by atoms with Crippen molar-refractivity contribution in [3.8, 4) is 6.07 Å². The maximum atomic E-state index is 4.52. The summed E-state index contributed by atoms with van der Waals surface area (Å²) in [5, 5.41) is 0.0376. The van der Waals surface area contributed by atoms with Crippen molar-refractivity contribution in [1.82, 2.24) is 0 Å². The minimum Gasteiger partial charge on any atom is -0.264 e. The normalized spacial score (nSPS) is 18.2. The van der Waals surface area contributed by atoms with Crippen molar-refractivity contribution in [2.45, 2.75) is 39.8 Å². The summed E-state index contributed by atoms with van der Waals surface area (Å²) in [7, 11) is 1.05. The lowest BCUT2D eigenvalue weighted by atomic mass is 9.98.